The van der Waals surface area contributed by atoms with Crippen molar-refractivity contribution >= 4 is 10.0 Å². The van der Waals surface area contributed by atoms with Crippen LogP contribution in [-0.4, -0.2) is 41.5 Å². The molecule has 1 aromatic carbocycles. The molecular formula is C15H26N2O4S. The number of nitrogens with one attached hydrogen (secondary N) is 1. The maximum atomic E-state index is 12.0. The first-order valence-electron chi connectivity index (χ1n) is 7.30. The predicted molar refractivity (Wildman–Crippen MR) is 87.4 cm³/mol. The van der Waals surface area contributed by atoms with Crippen molar-refractivity contribution in [3.63, 3.8) is 0 Å². The maximum Gasteiger partial charge on any atom is 0.213 e. The van der Waals surface area contributed by atoms with E-state index in [1.54, 1.807) is 18.2 Å². The summed E-state index contributed by atoms with van der Waals surface area (Å²) in [6.07, 6.45) is 1.90. The van der Waals surface area contributed by atoms with Gasteiger partial charge >= 0.3 is 0 Å². The standard InChI is InChI=1S/C15H26N2O4S/c1-4-5-10-21-11-15(16,12-22(18,19)17-2)13-8-6-7-9-14(13)20-3/h6-9,17H,4-5,10-12,16H2,1-3H3/t15-/m0/s1. The summed E-state index contributed by atoms with van der Waals surface area (Å²) in [7, 11) is -0.601. The van der Waals surface area contributed by atoms with Crippen LogP contribution >= 0.6 is 0 Å². The van der Waals surface area contributed by atoms with Crippen LogP contribution in [-0.2, 0) is 20.3 Å². The van der Waals surface area contributed by atoms with Gasteiger partial charge in [0.25, 0.3) is 0 Å². The average molecular weight is 330 g/mol. The Bertz CT molecular complexity index is 562. The van der Waals surface area contributed by atoms with E-state index in [4.69, 9.17) is 15.2 Å². The van der Waals surface area contributed by atoms with E-state index in [0.29, 0.717) is 17.9 Å². The van der Waals surface area contributed by atoms with Crippen LogP contribution in [0.15, 0.2) is 24.3 Å². The zero-order valence-electron chi connectivity index (χ0n) is 13.5. The van der Waals surface area contributed by atoms with Crippen LogP contribution in [0.5, 0.6) is 5.75 Å². The second-order valence-electron chi connectivity index (χ2n) is 5.23. The zero-order valence-corrected chi connectivity index (χ0v) is 14.3. The minimum absolute atomic E-state index is 0.105. The van der Waals surface area contributed by atoms with Crippen molar-refractivity contribution in [1.82, 2.24) is 4.72 Å². The van der Waals surface area contributed by atoms with Gasteiger partial charge in [0, 0.05) is 12.2 Å². The van der Waals surface area contributed by atoms with E-state index < -0.39 is 15.6 Å². The Labute approximate surface area is 133 Å². The van der Waals surface area contributed by atoms with Crippen molar-refractivity contribution in [2.75, 3.05) is 33.1 Å². The average Bonchev–Trinajstić information content (AvgIpc) is 2.51. The molecule has 22 heavy (non-hydrogen) atoms. The molecule has 0 amide bonds. The number of rotatable bonds is 10. The molecule has 0 radical (unpaired) electrons. The summed E-state index contributed by atoms with van der Waals surface area (Å²) >= 11 is 0. The summed E-state index contributed by atoms with van der Waals surface area (Å²) in [6.45, 7) is 2.71. The highest BCUT2D eigenvalue weighted by atomic mass is 32.2. The van der Waals surface area contributed by atoms with E-state index in [-0.39, 0.29) is 12.4 Å². The van der Waals surface area contributed by atoms with Crippen molar-refractivity contribution in [1.29, 1.82) is 0 Å². The summed E-state index contributed by atoms with van der Waals surface area (Å²) in [4.78, 5) is 0. The molecule has 0 aromatic heterocycles. The molecule has 0 saturated heterocycles. The lowest BCUT2D eigenvalue weighted by molar-refractivity contribution is 0.0882. The van der Waals surface area contributed by atoms with Gasteiger partial charge in [-0.25, -0.2) is 13.1 Å². The monoisotopic (exact) mass is 330 g/mol. The number of hydrogen-bond acceptors (Lipinski definition) is 5. The van der Waals surface area contributed by atoms with E-state index in [0.717, 1.165) is 12.8 Å². The number of ether oxygens (including phenoxy) is 2. The van der Waals surface area contributed by atoms with Crippen LogP contribution in [0.3, 0.4) is 0 Å². The van der Waals surface area contributed by atoms with Crippen LogP contribution in [0, 0.1) is 0 Å². The Hall–Kier alpha value is -1.15. The molecule has 0 fully saturated rings. The lowest BCUT2D eigenvalue weighted by Crippen LogP contribution is -2.49. The molecule has 6 nitrogen and oxygen atoms in total. The van der Waals surface area contributed by atoms with Gasteiger partial charge in [0.05, 0.1) is 25.0 Å². The Morgan fingerprint density at radius 3 is 2.59 bits per heavy atom. The highest BCUT2D eigenvalue weighted by Crippen LogP contribution is 2.29. The third-order valence-corrected chi connectivity index (χ3v) is 4.92. The molecule has 1 aromatic rings. The summed E-state index contributed by atoms with van der Waals surface area (Å²) < 4.78 is 37.2. The second-order valence-corrected chi connectivity index (χ2v) is 7.15. The fourth-order valence-electron chi connectivity index (χ4n) is 2.17. The molecule has 3 N–H and O–H groups in total. The summed E-state index contributed by atoms with van der Waals surface area (Å²) in [5.41, 5.74) is 5.86. The molecular weight excluding hydrogens is 304 g/mol. The van der Waals surface area contributed by atoms with Gasteiger partial charge in [-0.05, 0) is 19.5 Å². The maximum absolute atomic E-state index is 12.0. The molecule has 0 aliphatic rings. The summed E-state index contributed by atoms with van der Waals surface area (Å²) in [5.74, 6) is 0.276. The largest absolute Gasteiger partial charge is 0.496 e. The van der Waals surface area contributed by atoms with Gasteiger partial charge in [0.15, 0.2) is 0 Å². The molecule has 7 heteroatoms. The Morgan fingerprint density at radius 2 is 2.00 bits per heavy atom. The van der Waals surface area contributed by atoms with Crippen LogP contribution in [0.2, 0.25) is 0 Å². The molecule has 0 heterocycles. The zero-order chi connectivity index (χ0) is 16.6. The third kappa shape index (κ3) is 5.24. The van der Waals surface area contributed by atoms with Crippen molar-refractivity contribution in [3.05, 3.63) is 29.8 Å². The quantitative estimate of drug-likeness (QED) is 0.629. The third-order valence-electron chi connectivity index (χ3n) is 3.40. The fourth-order valence-corrected chi connectivity index (χ4v) is 3.23. The molecule has 0 aliphatic carbocycles. The van der Waals surface area contributed by atoms with Crippen LogP contribution in [0.1, 0.15) is 25.3 Å². The molecule has 126 valence electrons. The summed E-state index contributed by atoms with van der Waals surface area (Å²) in [5, 5.41) is 0. The van der Waals surface area contributed by atoms with E-state index >= 15 is 0 Å². The van der Waals surface area contributed by atoms with Gasteiger partial charge in [-0.1, -0.05) is 31.5 Å². The van der Waals surface area contributed by atoms with Gasteiger partial charge in [0.2, 0.25) is 10.0 Å². The van der Waals surface area contributed by atoms with E-state index in [1.165, 1.54) is 14.2 Å². The molecule has 1 atom stereocenters. The SMILES string of the molecule is CCCCOC[C@](N)(CS(=O)(=O)NC)c1ccccc1OC. The number of sulfonamides is 1. The minimum atomic E-state index is -3.50. The van der Waals surface area contributed by atoms with E-state index in [9.17, 15) is 8.42 Å². The van der Waals surface area contributed by atoms with Crippen molar-refractivity contribution in [2.24, 2.45) is 5.73 Å². The molecule has 1 rings (SSSR count). The molecule has 0 saturated carbocycles. The van der Waals surface area contributed by atoms with Gasteiger partial charge in [-0.2, -0.15) is 0 Å². The number of hydrogen-bond donors (Lipinski definition) is 2. The molecule has 0 unspecified atom stereocenters. The molecule has 0 aliphatic heterocycles. The minimum Gasteiger partial charge on any atom is -0.496 e. The highest BCUT2D eigenvalue weighted by Gasteiger charge is 2.35. The lowest BCUT2D eigenvalue weighted by atomic mass is 9.93. The second kappa shape index (κ2) is 8.47. The Kier molecular flexibility index (Phi) is 7.28. The van der Waals surface area contributed by atoms with Gasteiger partial charge in [-0.3, -0.25) is 0 Å². The molecule has 0 bridgehead atoms. The normalized spacial score (nSPS) is 14.5. The number of benzene rings is 1. The lowest BCUT2D eigenvalue weighted by Gasteiger charge is -2.30. The topological polar surface area (TPSA) is 90.7 Å². The van der Waals surface area contributed by atoms with E-state index in [2.05, 4.69) is 11.6 Å². The first-order valence-corrected chi connectivity index (χ1v) is 8.95. The summed E-state index contributed by atoms with van der Waals surface area (Å²) in [6, 6.07) is 7.15. The Morgan fingerprint density at radius 1 is 1.32 bits per heavy atom. The predicted octanol–water partition coefficient (Wildman–Crippen LogP) is 1.22. The van der Waals surface area contributed by atoms with Crippen molar-refractivity contribution in [3.8, 4) is 5.75 Å². The highest BCUT2D eigenvalue weighted by molar-refractivity contribution is 7.89. The smallest absolute Gasteiger partial charge is 0.213 e. The first kappa shape index (κ1) is 18.9. The van der Waals surface area contributed by atoms with Gasteiger partial charge < -0.3 is 15.2 Å². The van der Waals surface area contributed by atoms with Gasteiger partial charge in [-0.15, -0.1) is 0 Å². The van der Waals surface area contributed by atoms with Gasteiger partial charge in [0.1, 0.15) is 5.75 Å². The first-order chi connectivity index (χ1) is 10.4. The van der Waals surface area contributed by atoms with Crippen molar-refractivity contribution in [2.45, 2.75) is 25.3 Å². The van der Waals surface area contributed by atoms with E-state index in [1.807, 2.05) is 6.07 Å². The van der Waals surface area contributed by atoms with Crippen LogP contribution in [0.25, 0.3) is 0 Å². The Balaban J connectivity index is 3.09. The number of methoxy groups -OCH3 is 1. The molecule has 0 spiro atoms. The number of unbranched alkanes of at least 4 members (excludes halogenated alkanes) is 1. The van der Waals surface area contributed by atoms with Crippen LogP contribution < -0.4 is 15.2 Å². The number of nitrogens with two attached hydrogens (primary N) is 1. The van der Waals surface area contributed by atoms with Crippen LogP contribution in [0.4, 0.5) is 0 Å². The number of para-hydroxylation sites is 1. The fraction of sp³-hybridized carbons (Fsp3) is 0.600. The van der Waals surface area contributed by atoms with Crippen molar-refractivity contribution < 1.29 is 17.9 Å².